The zero-order chi connectivity index (χ0) is 8.27. The van der Waals surface area contributed by atoms with Crippen molar-refractivity contribution < 1.29 is 4.39 Å². The molecule has 1 aromatic rings. The normalized spacial score (nSPS) is 10.1. The van der Waals surface area contributed by atoms with E-state index in [2.05, 4.69) is 32.8 Å². The quantitative estimate of drug-likeness (QED) is 0.575. The van der Waals surface area contributed by atoms with Gasteiger partial charge < -0.3 is 0 Å². The summed E-state index contributed by atoms with van der Waals surface area (Å²) in [7, 11) is 3.32. The molecule has 0 aliphatic heterocycles. The topological polar surface area (TPSA) is 0 Å². The molecule has 0 spiro atoms. The van der Waals surface area contributed by atoms with Crippen molar-refractivity contribution >= 4 is 32.8 Å². The molecule has 0 aliphatic rings. The van der Waals surface area contributed by atoms with Crippen molar-refractivity contribution in [2.75, 3.05) is 0 Å². The van der Waals surface area contributed by atoms with Crippen molar-refractivity contribution in [3.05, 3.63) is 33.1 Å². The summed E-state index contributed by atoms with van der Waals surface area (Å²) in [5.41, 5.74) is 0.778. The van der Waals surface area contributed by atoms with Gasteiger partial charge in [-0.25, -0.2) is 4.39 Å². The molecule has 0 N–H and O–H groups in total. The van der Waals surface area contributed by atoms with Crippen molar-refractivity contribution in [2.24, 2.45) is 0 Å². The summed E-state index contributed by atoms with van der Waals surface area (Å²) in [6.07, 6.45) is 0.750. The van der Waals surface area contributed by atoms with Gasteiger partial charge in [-0.3, -0.25) is 0 Å². The van der Waals surface area contributed by atoms with Crippen LogP contribution >= 0.6 is 22.6 Å². The fourth-order valence-corrected chi connectivity index (χ4v) is 1.58. The molecule has 0 unspecified atom stereocenters. The molecule has 0 aliphatic carbocycles. The third kappa shape index (κ3) is 2.55. The minimum Gasteiger partial charge on any atom is -0.207 e. The Morgan fingerprint density at radius 3 is 2.73 bits per heavy atom. The highest BCUT2D eigenvalue weighted by atomic mass is 127. The Morgan fingerprint density at radius 2 is 2.18 bits per heavy atom. The second-order valence-electron chi connectivity index (χ2n) is 2.24. The van der Waals surface area contributed by atoms with Crippen LogP contribution < -0.4 is 0 Å². The molecule has 3 radical (unpaired) electrons. The molecule has 57 valence electrons. The fraction of sp³-hybridized carbons (Fsp3) is 0.250. The third-order valence-corrected chi connectivity index (χ3v) is 2.33. The molecule has 0 aromatic heterocycles. The first kappa shape index (κ1) is 9.19. The van der Waals surface area contributed by atoms with Gasteiger partial charge in [-0.2, -0.15) is 0 Å². The average molecular weight is 277 g/mol. The standard InChI is InChI=1S/C8H7FISi/c9-8-5-7(10)2-1-6(8)3-4-11/h1-2,5H,3-4H2. The predicted molar refractivity (Wildman–Crippen MR) is 53.4 cm³/mol. The maximum atomic E-state index is 13.0. The van der Waals surface area contributed by atoms with Crippen LogP contribution in [0.15, 0.2) is 18.2 Å². The van der Waals surface area contributed by atoms with E-state index >= 15 is 0 Å². The number of hydrogen-bond acceptors (Lipinski definition) is 0. The van der Waals surface area contributed by atoms with Gasteiger partial charge in [0.05, 0.1) is 0 Å². The van der Waals surface area contributed by atoms with Crippen molar-refractivity contribution in [2.45, 2.75) is 12.5 Å². The lowest BCUT2D eigenvalue weighted by molar-refractivity contribution is 0.611. The summed E-state index contributed by atoms with van der Waals surface area (Å²) >= 11 is 2.10. The van der Waals surface area contributed by atoms with Gasteiger partial charge in [0.2, 0.25) is 0 Å². The molecule has 1 aromatic carbocycles. The summed E-state index contributed by atoms with van der Waals surface area (Å²) in [6, 6.07) is 6.10. The Bertz CT molecular complexity index is 250. The highest BCUT2D eigenvalue weighted by Crippen LogP contribution is 2.13. The van der Waals surface area contributed by atoms with Gasteiger partial charge >= 0.3 is 0 Å². The molecule has 3 heteroatoms. The molecule has 0 nitrogen and oxygen atoms in total. The fourth-order valence-electron chi connectivity index (χ4n) is 0.859. The van der Waals surface area contributed by atoms with Crippen LogP contribution in [0.1, 0.15) is 5.56 Å². The number of halogens is 2. The summed E-state index contributed by atoms with van der Waals surface area (Å²) in [4.78, 5) is 0. The highest BCUT2D eigenvalue weighted by molar-refractivity contribution is 14.1. The molecular formula is C8H7FISi. The molecule has 11 heavy (non-hydrogen) atoms. The summed E-state index contributed by atoms with van der Waals surface area (Å²) < 4.78 is 14.0. The van der Waals surface area contributed by atoms with E-state index in [0.717, 1.165) is 21.6 Å². The van der Waals surface area contributed by atoms with Crippen LogP contribution in [0.25, 0.3) is 0 Å². The SMILES string of the molecule is Fc1cc(I)ccc1CC[Si]. The van der Waals surface area contributed by atoms with E-state index in [9.17, 15) is 4.39 Å². The summed E-state index contributed by atoms with van der Waals surface area (Å²) in [5, 5.41) is 0. The van der Waals surface area contributed by atoms with E-state index in [1.807, 2.05) is 12.1 Å². The van der Waals surface area contributed by atoms with E-state index in [1.165, 1.54) is 0 Å². The second kappa shape index (κ2) is 4.20. The van der Waals surface area contributed by atoms with Gasteiger partial charge in [0.1, 0.15) is 5.82 Å². The minimum atomic E-state index is -0.102. The number of aryl methyl sites for hydroxylation is 1. The van der Waals surface area contributed by atoms with Crippen LogP contribution in [0.5, 0.6) is 0 Å². The Hall–Kier alpha value is 0.0969. The zero-order valence-corrected chi connectivity index (χ0v) is 9.06. The van der Waals surface area contributed by atoms with Crippen LogP contribution in [0, 0.1) is 9.39 Å². The lowest BCUT2D eigenvalue weighted by Gasteiger charge is -2.00. The van der Waals surface area contributed by atoms with Crippen molar-refractivity contribution in [1.82, 2.24) is 0 Å². The molecule has 1 rings (SSSR count). The number of rotatable bonds is 2. The lowest BCUT2D eigenvalue weighted by Crippen LogP contribution is -1.90. The lowest BCUT2D eigenvalue weighted by atomic mass is 10.2. The molecule has 0 fully saturated rings. The van der Waals surface area contributed by atoms with Crippen LogP contribution in [-0.4, -0.2) is 10.2 Å². The van der Waals surface area contributed by atoms with Crippen LogP contribution in [0.3, 0.4) is 0 Å². The van der Waals surface area contributed by atoms with Crippen LogP contribution in [0.4, 0.5) is 4.39 Å². The smallest absolute Gasteiger partial charge is 0.127 e. The van der Waals surface area contributed by atoms with Crippen LogP contribution in [-0.2, 0) is 6.42 Å². The average Bonchev–Trinajstić information content (AvgIpc) is 1.95. The summed E-state index contributed by atoms with van der Waals surface area (Å²) in [6.45, 7) is 0. The first-order chi connectivity index (χ1) is 5.24. The molecule has 0 atom stereocenters. The maximum Gasteiger partial charge on any atom is 0.127 e. The number of hydrogen-bond donors (Lipinski definition) is 0. The number of benzene rings is 1. The highest BCUT2D eigenvalue weighted by Gasteiger charge is 1.99. The van der Waals surface area contributed by atoms with Gasteiger partial charge in [0, 0.05) is 13.8 Å². The van der Waals surface area contributed by atoms with Gasteiger partial charge in [-0.15, -0.1) is 0 Å². The van der Waals surface area contributed by atoms with Crippen molar-refractivity contribution in [3.63, 3.8) is 0 Å². The molecule has 0 amide bonds. The predicted octanol–water partition coefficient (Wildman–Crippen LogP) is 2.56. The Morgan fingerprint density at radius 1 is 1.45 bits per heavy atom. The molecule has 0 heterocycles. The molecular weight excluding hydrogens is 270 g/mol. The van der Waals surface area contributed by atoms with Gasteiger partial charge in [0.15, 0.2) is 0 Å². The first-order valence-corrected chi connectivity index (χ1v) is 5.11. The Balaban J connectivity index is 2.90. The minimum absolute atomic E-state index is 0.102. The van der Waals surface area contributed by atoms with Crippen molar-refractivity contribution in [1.29, 1.82) is 0 Å². The van der Waals surface area contributed by atoms with E-state index in [-0.39, 0.29) is 5.82 Å². The van der Waals surface area contributed by atoms with E-state index in [0.29, 0.717) is 0 Å². The molecule has 0 saturated carbocycles. The van der Waals surface area contributed by atoms with E-state index in [4.69, 9.17) is 0 Å². The Labute approximate surface area is 82.8 Å². The summed E-state index contributed by atoms with van der Waals surface area (Å²) in [5.74, 6) is -0.102. The third-order valence-electron chi connectivity index (χ3n) is 1.41. The monoisotopic (exact) mass is 277 g/mol. The van der Waals surface area contributed by atoms with Gasteiger partial charge in [-0.1, -0.05) is 12.1 Å². The second-order valence-corrected chi connectivity index (χ2v) is 3.98. The van der Waals surface area contributed by atoms with E-state index < -0.39 is 0 Å². The Kier molecular flexibility index (Phi) is 3.51. The van der Waals surface area contributed by atoms with Crippen LogP contribution in [0.2, 0.25) is 6.04 Å². The van der Waals surface area contributed by atoms with Gasteiger partial charge in [0.25, 0.3) is 0 Å². The maximum absolute atomic E-state index is 13.0. The first-order valence-electron chi connectivity index (χ1n) is 3.32. The molecule has 0 bridgehead atoms. The molecule has 0 saturated heterocycles. The van der Waals surface area contributed by atoms with Crippen molar-refractivity contribution in [3.8, 4) is 0 Å². The largest absolute Gasteiger partial charge is 0.207 e. The van der Waals surface area contributed by atoms with E-state index in [1.54, 1.807) is 6.07 Å². The zero-order valence-electron chi connectivity index (χ0n) is 5.90. The van der Waals surface area contributed by atoms with Gasteiger partial charge in [-0.05, 0) is 46.7 Å².